The van der Waals surface area contributed by atoms with Crippen molar-refractivity contribution in [3.8, 4) is 0 Å². The summed E-state index contributed by atoms with van der Waals surface area (Å²) in [6, 6.07) is 8.29. The number of carboxylic acids is 1. The monoisotopic (exact) mass is 274 g/mol. The van der Waals surface area contributed by atoms with Gasteiger partial charge in [0.1, 0.15) is 4.88 Å². The molecule has 19 heavy (non-hydrogen) atoms. The molecule has 1 aromatic carbocycles. The van der Waals surface area contributed by atoms with E-state index >= 15 is 0 Å². The molecule has 0 spiro atoms. The number of aromatic carboxylic acids is 1. The van der Waals surface area contributed by atoms with E-state index in [4.69, 9.17) is 5.11 Å². The number of para-hydroxylation sites is 1. The normalized spacial score (nSPS) is 14.8. The van der Waals surface area contributed by atoms with E-state index in [1.54, 1.807) is 0 Å². The molecule has 3 rings (SSSR count). The maximum atomic E-state index is 11.0. The Labute approximate surface area is 115 Å². The molecule has 0 radical (unpaired) electrons. The number of rotatable bonds is 2. The third-order valence-corrected chi connectivity index (χ3v) is 4.30. The molecule has 2 heterocycles. The predicted molar refractivity (Wildman–Crippen MR) is 75.5 cm³/mol. The first-order chi connectivity index (χ1) is 9.25. The van der Waals surface area contributed by atoms with Gasteiger partial charge in [-0.3, -0.25) is 0 Å². The Bertz CT molecular complexity index is 609. The van der Waals surface area contributed by atoms with Crippen LogP contribution in [0.2, 0.25) is 0 Å². The minimum atomic E-state index is -0.910. The molecule has 0 saturated carbocycles. The SMILES string of the molecule is O=C(O)c1cnc(N2CCCCc3ccccc32)s1. The Morgan fingerprint density at radius 3 is 2.95 bits per heavy atom. The molecule has 0 unspecified atom stereocenters. The van der Waals surface area contributed by atoms with Crippen LogP contribution in [-0.2, 0) is 6.42 Å². The molecule has 1 aliphatic heterocycles. The van der Waals surface area contributed by atoms with Crippen LogP contribution in [0.25, 0.3) is 0 Å². The number of hydrogen-bond donors (Lipinski definition) is 1. The van der Waals surface area contributed by atoms with Gasteiger partial charge in [0.15, 0.2) is 5.13 Å². The van der Waals surface area contributed by atoms with Gasteiger partial charge < -0.3 is 10.0 Å². The molecule has 0 bridgehead atoms. The van der Waals surface area contributed by atoms with Crippen molar-refractivity contribution < 1.29 is 9.90 Å². The number of aromatic nitrogens is 1. The number of fused-ring (bicyclic) bond motifs is 1. The molecule has 0 aliphatic carbocycles. The summed E-state index contributed by atoms with van der Waals surface area (Å²) in [4.78, 5) is 17.7. The van der Waals surface area contributed by atoms with Gasteiger partial charge in [-0.25, -0.2) is 9.78 Å². The van der Waals surface area contributed by atoms with Crippen LogP contribution in [0, 0.1) is 0 Å². The summed E-state index contributed by atoms with van der Waals surface area (Å²) in [7, 11) is 0. The van der Waals surface area contributed by atoms with Crippen LogP contribution < -0.4 is 4.90 Å². The molecule has 4 nitrogen and oxygen atoms in total. The van der Waals surface area contributed by atoms with Crippen molar-refractivity contribution in [2.24, 2.45) is 0 Å². The molecule has 1 aromatic heterocycles. The fourth-order valence-electron chi connectivity index (χ4n) is 2.38. The molecule has 0 fully saturated rings. The Morgan fingerprint density at radius 2 is 2.16 bits per heavy atom. The second kappa shape index (κ2) is 5.01. The highest BCUT2D eigenvalue weighted by Crippen LogP contribution is 2.34. The third-order valence-electron chi connectivity index (χ3n) is 3.30. The van der Waals surface area contributed by atoms with E-state index in [-0.39, 0.29) is 4.88 Å². The summed E-state index contributed by atoms with van der Waals surface area (Å²) in [5, 5.41) is 9.77. The lowest BCUT2D eigenvalue weighted by Gasteiger charge is -2.21. The zero-order valence-electron chi connectivity index (χ0n) is 10.4. The van der Waals surface area contributed by atoms with E-state index < -0.39 is 5.97 Å². The van der Waals surface area contributed by atoms with Crippen LogP contribution in [-0.4, -0.2) is 22.6 Å². The van der Waals surface area contributed by atoms with Crippen LogP contribution >= 0.6 is 11.3 Å². The number of thiazole rings is 1. The number of nitrogens with zero attached hydrogens (tertiary/aromatic N) is 2. The second-order valence-electron chi connectivity index (χ2n) is 4.55. The lowest BCUT2D eigenvalue weighted by atomic mass is 10.1. The van der Waals surface area contributed by atoms with Gasteiger partial charge in [-0.2, -0.15) is 0 Å². The molecule has 0 amide bonds. The van der Waals surface area contributed by atoms with E-state index in [9.17, 15) is 4.79 Å². The Kier molecular flexibility index (Phi) is 3.21. The van der Waals surface area contributed by atoms with Gasteiger partial charge in [-0.05, 0) is 30.9 Å². The first-order valence-electron chi connectivity index (χ1n) is 6.30. The summed E-state index contributed by atoms with van der Waals surface area (Å²) in [6.45, 7) is 0.892. The molecule has 1 N–H and O–H groups in total. The predicted octanol–water partition coefficient (Wildman–Crippen LogP) is 3.32. The summed E-state index contributed by atoms with van der Waals surface area (Å²) in [5.41, 5.74) is 2.47. The number of benzene rings is 1. The van der Waals surface area contributed by atoms with Gasteiger partial charge in [0.2, 0.25) is 0 Å². The minimum absolute atomic E-state index is 0.289. The van der Waals surface area contributed by atoms with Crippen molar-refractivity contribution in [3.63, 3.8) is 0 Å². The summed E-state index contributed by atoms with van der Waals surface area (Å²) in [6.07, 6.45) is 4.76. The number of anilines is 2. The molecule has 0 atom stereocenters. The first kappa shape index (κ1) is 12.2. The summed E-state index contributed by atoms with van der Waals surface area (Å²) >= 11 is 1.24. The first-order valence-corrected chi connectivity index (χ1v) is 7.12. The maximum Gasteiger partial charge on any atom is 0.347 e. The molecule has 2 aromatic rings. The van der Waals surface area contributed by atoms with Gasteiger partial charge in [0.05, 0.1) is 6.20 Å². The Balaban J connectivity index is 2.01. The Hall–Kier alpha value is -1.88. The van der Waals surface area contributed by atoms with Crippen molar-refractivity contribution in [1.82, 2.24) is 4.98 Å². The smallest absolute Gasteiger partial charge is 0.347 e. The fourth-order valence-corrected chi connectivity index (χ4v) is 3.17. The largest absolute Gasteiger partial charge is 0.477 e. The van der Waals surface area contributed by atoms with Crippen LogP contribution in [0.15, 0.2) is 30.5 Å². The van der Waals surface area contributed by atoms with Crippen molar-refractivity contribution in [2.75, 3.05) is 11.4 Å². The standard InChI is InChI=1S/C14H14N2O2S/c17-13(18)12-9-15-14(19-12)16-8-4-3-6-10-5-1-2-7-11(10)16/h1-2,5,7,9H,3-4,6,8H2,(H,17,18). The molecule has 0 saturated heterocycles. The van der Waals surface area contributed by atoms with Crippen LogP contribution in [0.1, 0.15) is 28.1 Å². The number of carboxylic acid groups (broad SMARTS) is 1. The van der Waals surface area contributed by atoms with Crippen LogP contribution in [0.3, 0.4) is 0 Å². The average molecular weight is 274 g/mol. The maximum absolute atomic E-state index is 11.0. The average Bonchev–Trinajstić information content (AvgIpc) is 2.80. The van der Waals surface area contributed by atoms with Gasteiger partial charge in [0, 0.05) is 12.2 Å². The van der Waals surface area contributed by atoms with Crippen molar-refractivity contribution >= 4 is 28.1 Å². The van der Waals surface area contributed by atoms with Gasteiger partial charge in [-0.1, -0.05) is 29.5 Å². The quantitative estimate of drug-likeness (QED) is 0.912. The van der Waals surface area contributed by atoms with Crippen molar-refractivity contribution in [1.29, 1.82) is 0 Å². The minimum Gasteiger partial charge on any atom is -0.477 e. The Morgan fingerprint density at radius 1 is 1.32 bits per heavy atom. The molecular weight excluding hydrogens is 260 g/mol. The zero-order chi connectivity index (χ0) is 13.2. The highest BCUT2D eigenvalue weighted by molar-refractivity contribution is 7.17. The van der Waals surface area contributed by atoms with Crippen molar-refractivity contribution in [2.45, 2.75) is 19.3 Å². The van der Waals surface area contributed by atoms with E-state index in [1.165, 1.54) is 23.1 Å². The van der Waals surface area contributed by atoms with E-state index in [1.807, 2.05) is 12.1 Å². The molecule has 5 heteroatoms. The van der Waals surface area contributed by atoms with Crippen LogP contribution in [0.5, 0.6) is 0 Å². The topological polar surface area (TPSA) is 53.4 Å². The van der Waals surface area contributed by atoms with Crippen molar-refractivity contribution in [3.05, 3.63) is 40.9 Å². The molecular formula is C14H14N2O2S. The molecule has 1 aliphatic rings. The number of hydrogen-bond acceptors (Lipinski definition) is 4. The van der Waals surface area contributed by atoms with Gasteiger partial charge >= 0.3 is 5.97 Å². The fraction of sp³-hybridized carbons (Fsp3) is 0.286. The summed E-state index contributed by atoms with van der Waals surface area (Å²) < 4.78 is 0. The van der Waals surface area contributed by atoms with E-state index in [2.05, 4.69) is 22.0 Å². The second-order valence-corrected chi connectivity index (χ2v) is 5.56. The lowest BCUT2D eigenvalue weighted by molar-refractivity contribution is 0.0702. The van der Waals surface area contributed by atoms with E-state index in [0.717, 1.165) is 36.6 Å². The number of aryl methyl sites for hydroxylation is 1. The van der Waals surface area contributed by atoms with Gasteiger partial charge in [-0.15, -0.1) is 0 Å². The highest BCUT2D eigenvalue weighted by Gasteiger charge is 2.20. The zero-order valence-corrected chi connectivity index (χ0v) is 11.2. The van der Waals surface area contributed by atoms with Crippen LogP contribution in [0.4, 0.5) is 10.8 Å². The van der Waals surface area contributed by atoms with Gasteiger partial charge in [0.25, 0.3) is 0 Å². The highest BCUT2D eigenvalue weighted by atomic mass is 32.1. The third kappa shape index (κ3) is 2.33. The molecule has 98 valence electrons. The lowest BCUT2D eigenvalue weighted by Crippen LogP contribution is -2.17. The summed E-state index contributed by atoms with van der Waals surface area (Å²) in [5.74, 6) is -0.910. The number of carbonyl (C=O) groups is 1. The van der Waals surface area contributed by atoms with E-state index in [0.29, 0.717) is 0 Å².